The molecule has 0 radical (unpaired) electrons. The third-order valence-electron chi connectivity index (χ3n) is 3.42. The van der Waals surface area contributed by atoms with Crippen molar-refractivity contribution in [1.29, 1.82) is 0 Å². The summed E-state index contributed by atoms with van der Waals surface area (Å²) in [6, 6.07) is 0.785. The van der Waals surface area contributed by atoms with Crippen LogP contribution in [0.4, 0.5) is 0 Å². The first-order valence-corrected chi connectivity index (χ1v) is 5.86. The van der Waals surface area contributed by atoms with Gasteiger partial charge in [0.1, 0.15) is 0 Å². The average Bonchev–Trinajstić information content (AvgIpc) is 2.53. The van der Waals surface area contributed by atoms with E-state index in [9.17, 15) is 0 Å². The molecule has 1 saturated carbocycles. The standard InChI is InChI=1S/C11H22N2/c1-10-5-6-11(9-10)12-13-7-3-2-4-8-13/h10-12H,2-9H2,1H3. The van der Waals surface area contributed by atoms with Crippen LogP contribution in [0.5, 0.6) is 0 Å². The normalized spacial score (nSPS) is 36.7. The molecule has 0 spiro atoms. The summed E-state index contributed by atoms with van der Waals surface area (Å²) in [5, 5.41) is 2.45. The molecule has 2 rings (SSSR count). The molecule has 0 aromatic heterocycles. The van der Waals surface area contributed by atoms with Crippen LogP contribution in [-0.4, -0.2) is 24.1 Å². The van der Waals surface area contributed by atoms with Gasteiger partial charge in [0.25, 0.3) is 0 Å². The van der Waals surface area contributed by atoms with Gasteiger partial charge in [-0.3, -0.25) is 5.43 Å². The van der Waals surface area contributed by atoms with Crippen molar-refractivity contribution in [2.75, 3.05) is 13.1 Å². The molecule has 0 amide bonds. The molecule has 0 aromatic carbocycles. The minimum Gasteiger partial charge on any atom is -0.252 e. The van der Waals surface area contributed by atoms with E-state index in [4.69, 9.17) is 0 Å². The number of hydrogen-bond donors (Lipinski definition) is 1. The van der Waals surface area contributed by atoms with Crippen molar-refractivity contribution in [2.24, 2.45) is 5.92 Å². The van der Waals surface area contributed by atoms with E-state index in [-0.39, 0.29) is 0 Å². The lowest BCUT2D eigenvalue weighted by molar-refractivity contribution is 0.128. The summed E-state index contributed by atoms with van der Waals surface area (Å²) in [6.45, 7) is 4.91. The molecule has 2 aliphatic rings. The van der Waals surface area contributed by atoms with Crippen molar-refractivity contribution in [3.8, 4) is 0 Å². The van der Waals surface area contributed by atoms with Crippen molar-refractivity contribution in [3.05, 3.63) is 0 Å². The van der Waals surface area contributed by atoms with Crippen molar-refractivity contribution >= 4 is 0 Å². The van der Waals surface area contributed by atoms with Gasteiger partial charge in [-0.05, 0) is 38.0 Å². The monoisotopic (exact) mass is 182 g/mol. The molecule has 1 aliphatic carbocycles. The van der Waals surface area contributed by atoms with Gasteiger partial charge in [-0.2, -0.15) is 0 Å². The van der Waals surface area contributed by atoms with E-state index in [1.54, 1.807) is 0 Å². The van der Waals surface area contributed by atoms with Crippen LogP contribution >= 0.6 is 0 Å². The predicted octanol–water partition coefficient (Wildman–Crippen LogP) is 2.17. The molecule has 1 N–H and O–H groups in total. The maximum atomic E-state index is 3.68. The van der Waals surface area contributed by atoms with Gasteiger partial charge in [-0.15, -0.1) is 0 Å². The van der Waals surface area contributed by atoms with Crippen molar-refractivity contribution in [1.82, 2.24) is 10.4 Å². The van der Waals surface area contributed by atoms with E-state index in [0.29, 0.717) is 0 Å². The molecule has 1 saturated heterocycles. The SMILES string of the molecule is CC1CCC(NN2CCCCC2)C1. The van der Waals surface area contributed by atoms with Gasteiger partial charge >= 0.3 is 0 Å². The molecule has 2 fully saturated rings. The highest BCUT2D eigenvalue weighted by atomic mass is 15.5. The van der Waals surface area contributed by atoms with E-state index in [1.807, 2.05) is 0 Å². The van der Waals surface area contributed by atoms with Crippen LogP contribution in [-0.2, 0) is 0 Å². The number of hydrogen-bond acceptors (Lipinski definition) is 2. The Bertz CT molecular complexity index is 149. The van der Waals surface area contributed by atoms with Gasteiger partial charge in [0, 0.05) is 19.1 Å². The Kier molecular flexibility index (Phi) is 3.23. The highest BCUT2D eigenvalue weighted by Crippen LogP contribution is 2.25. The van der Waals surface area contributed by atoms with Gasteiger partial charge < -0.3 is 0 Å². The zero-order chi connectivity index (χ0) is 9.10. The van der Waals surface area contributed by atoms with Gasteiger partial charge in [-0.1, -0.05) is 13.3 Å². The smallest absolute Gasteiger partial charge is 0.0217 e. The second-order valence-corrected chi connectivity index (χ2v) is 4.79. The quantitative estimate of drug-likeness (QED) is 0.704. The van der Waals surface area contributed by atoms with Crippen LogP contribution in [0.1, 0.15) is 45.4 Å². The summed E-state index contributed by atoms with van der Waals surface area (Å²) in [7, 11) is 0. The molecule has 1 aliphatic heterocycles. The number of hydrazine groups is 1. The van der Waals surface area contributed by atoms with Crippen molar-refractivity contribution in [3.63, 3.8) is 0 Å². The van der Waals surface area contributed by atoms with E-state index >= 15 is 0 Å². The zero-order valence-corrected chi connectivity index (χ0v) is 8.76. The lowest BCUT2D eigenvalue weighted by Crippen LogP contribution is -2.46. The van der Waals surface area contributed by atoms with Crippen LogP contribution in [0, 0.1) is 5.92 Å². The Balaban J connectivity index is 1.71. The Hall–Kier alpha value is -0.0800. The molecule has 0 aromatic rings. The van der Waals surface area contributed by atoms with E-state index in [0.717, 1.165) is 12.0 Å². The molecule has 13 heavy (non-hydrogen) atoms. The Labute approximate surface area is 81.7 Å². The summed E-state index contributed by atoms with van der Waals surface area (Å²) in [5.41, 5.74) is 3.68. The highest BCUT2D eigenvalue weighted by molar-refractivity contribution is 4.78. The maximum Gasteiger partial charge on any atom is 0.0217 e. The first-order valence-electron chi connectivity index (χ1n) is 5.86. The van der Waals surface area contributed by atoms with Crippen molar-refractivity contribution in [2.45, 2.75) is 51.5 Å². The van der Waals surface area contributed by atoms with Crippen LogP contribution in [0.2, 0.25) is 0 Å². The van der Waals surface area contributed by atoms with Gasteiger partial charge in [0.15, 0.2) is 0 Å². The molecule has 2 nitrogen and oxygen atoms in total. The Morgan fingerprint density at radius 3 is 2.46 bits per heavy atom. The topological polar surface area (TPSA) is 15.3 Å². The van der Waals surface area contributed by atoms with E-state index < -0.39 is 0 Å². The van der Waals surface area contributed by atoms with Gasteiger partial charge in [0.2, 0.25) is 0 Å². The second-order valence-electron chi connectivity index (χ2n) is 4.79. The van der Waals surface area contributed by atoms with Gasteiger partial charge in [-0.25, -0.2) is 5.01 Å². The summed E-state index contributed by atoms with van der Waals surface area (Å²) >= 11 is 0. The van der Waals surface area contributed by atoms with Crippen LogP contribution < -0.4 is 5.43 Å². The third kappa shape index (κ3) is 2.68. The summed E-state index contributed by atoms with van der Waals surface area (Å²) < 4.78 is 0. The maximum absolute atomic E-state index is 3.68. The number of piperidine rings is 1. The predicted molar refractivity (Wildman–Crippen MR) is 55.4 cm³/mol. The third-order valence-corrected chi connectivity index (χ3v) is 3.42. The molecular formula is C11H22N2. The van der Waals surface area contributed by atoms with Crippen molar-refractivity contribution < 1.29 is 0 Å². The first kappa shape index (κ1) is 9.47. The minimum atomic E-state index is 0.785. The highest BCUT2D eigenvalue weighted by Gasteiger charge is 2.23. The summed E-state index contributed by atoms with van der Waals surface area (Å²) in [4.78, 5) is 0. The molecule has 2 atom stereocenters. The lowest BCUT2D eigenvalue weighted by atomic mass is 10.1. The fourth-order valence-corrected chi connectivity index (χ4v) is 2.61. The second kappa shape index (κ2) is 4.43. The summed E-state index contributed by atoms with van der Waals surface area (Å²) in [5.74, 6) is 0.947. The van der Waals surface area contributed by atoms with Crippen LogP contribution in [0.3, 0.4) is 0 Å². The number of nitrogens with zero attached hydrogens (tertiary/aromatic N) is 1. The summed E-state index contributed by atoms with van der Waals surface area (Å²) in [6.07, 6.45) is 8.39. The number of nitrogens with one attached hydrogen (secondary N) is 1. The largest absolute Gasteiger partial charge is 0.252 e. The van der Waals surface area contributed by atoms with Gasteiger partial charge in [0.05, 0.1) is 0 Å². The Morgan fingerprint density at radius 1 is 1.08 bits per heavy atom. The fourth-order valence-electron chi connectivity index (χ4n) is 2.61. The molecular weight excluding hydrogens is 160 g/mol. The molecule has 76 valence electrons. The van der Waals surface area contributed by atoms with Crippen LogP contribution in [0.15, 0.2) is 0 Å². The molecule has 2 unspecified atom stereocenters. The van der Waals surface area contributed by atoms with E-state index in [2.05, 4.69) is 17.4 Å². The zero-order valence-electron chi connectivity index (χ0n) is 8.76. The first-order chi connectivity index (χ1) is 6.34. The Morgan fingerprint density at radius 2 is 1.85 bits per heavy atom. The molecule has 0 bridgehead atoms. The molecule has 1 heterocycles. The minimum absolute atomic E-state index is 0.785. The fraction of sp³-hybridized carbons (Fsp3) is 1.00. The average molecular weight is 182 g/mol. The number of rotatable bonds is 2. The van der Waals surface area contributed by atoms with Crippen LogP contribution in [0.25, 0.3) is 0 Å². The lowest BCUT2D eigenvalue weighted by Gasteiger charge is -2.30. The molecule has 2 heteroatoms. The van der Waals surface area contributed by atoms with E-state index in [1.165, 1.54) is 51.6 Å².